The highest BCUT2D eigenvalue weighted by Gasteiger charge is 2.42. The molecule has 5 rings (SSSR count). The number of hydrogen-bond acceptors (Lipinski definition) is 4. The third-order valence-electron chi connectivity index (χ3n) is 7.94. The van der Waals surface area contributed by atoms with E-state index in [1.165, 1.54) is 5.56 Å². The first-order chi connectivity index (χ1) is 16.1. The molecule has 3 aromatic rings. The first-order valence-electron chi connectivity index (χ1n) is 12.2. The van der Waals surface area contributed by atoms with Crippen LogP contribution in [0.5, 0.6) is 0 Å². The molecule has 1 unspecified atom stereocenters. The number of para-hydroxylation sites is 2. The van der Waals surface area contributed by atoms with Gasteiger partial charge in [-0.1, -0.05) is 77.9 Å². The standard InChI is InChI=1S/C30H32N2O2/c1-7-17(27-29(3,4)19-13-9-11-15-21(19)31-27)23-25(33)24(26(23)34)18(8-2)28-30(5,6)20-14-10-12-16-22(20)32-28/h9-16,27,31H,7-8H2,1-6H3. The average molecular weight is 453 g/mol. The van der Waals surface area contributed by atoms with Crippen LogP contribution in [0.15, 0.2) is 63.1 Å². The molecule has 4 nitrogen and oxygen atoms in total. The van der Waals surface area contributed by atoms with Crippen LogP contribution in [0, 0.1) is 0 Å². The summed E-state index contributed by atoms with van der Waals surface area (Å²) >= 11 is 0. The van der Waals surface area contributed by atoms with E-state index < -0.39 is 0 Å². The minimum Gasteiger partial charge on any atom is -0.377 e. The van der Waals surface area contributed by atoms with Gasteiger partial charge in [-0.05, 0) is 47.2 Å². The van der Waals surface area contributed by atoms with Crippen molar-refractivity contribution >= 4 is 28.2 Å². The number of aliphatic imine (C=N–C) groups is 1. The minimum atomic E-state index is -0.348. The lowest BCUT2D eigenvalue weighted by molar-refractivity contribution is 0.519. The van der Waals surface area contributed by atoms with Gasteiger partial charge in [-0.25, -0.2) is 0 Å². The average Bonchev–Trinajstić information content (AvgIpc) is 3.25. The number of hydrogen-bond donors (Lipinski definition) is 1. The van der Waals surface area contributed by atoms with E-state index in [0.717, 1.165) is 33.8 Å². The van der Waals surface area contributed by atoms with Crippen molar-refractivity contribution in [3.8, 4) is 0 Å². The van der Waals surface area contributed by atoms with Crippen LogP contribution in [0.4, 0.5) is 11.4 Å². The summed E-state index contributed by atoms with van der Waals surface area (Å²) in [4.78, 5) is 32.2. The Morgan fingerprint density at radius 3 is 2.06 bits per heavy atom. The molecule has 0 spiro atoms. The topological polar surface area (TPSA) is 58.5 Å². The molecule has 0 aromatic heterocycles. The second-order valence-corrected chi connectivity index (χ2v) is 10.6. The van der Waals surface area contributed by atoms with Gasteiger partial charge in [-0.2, -0.15) is 0 Å². The molecule has 0 saturated heterocycles. The van der Waals surface area contributed by atoms with Crippen molar-refractivity contribution in [3.63, 3.8) is 0 Å². The van der Waals surface area contributed by atoms with Gasteiger partial charge in [0.1, 0.15) is 0 Å². The fourth-order valence-corrected chi connectivity index (χ4v) is 6.06. The third kappa shape index (κ3) is 2.94. The zero-order chi connectivity index (χ0) is 24.4. The molecule has 0 bridgehead atoms. The molecule has 174 valence electrons. The van der Waals surface area contributed by atoms with Gasteiger partial charge >= 0.3 is 0 Å². The Morgan fingerprint density at radius 1 is 0.853 bits per heavy atom. The van der Waals surface area contributed by atoms with Crippen molar-refractivity contribution in [1.82, 2.24) is 0 Å². The van der Waals surface area contributed by atoms with Crippen LogP contribution < -0.4 is 26.6 Å². The lowest BCUT2D eigenvalue weighted by atomic mass is 9.75. The Kier molecular flexibility index (Phi) is 5.05. The smallest absolute Gasteiger partial charge is 0.201 e. The molecule has 0 radical (unpaired) electrons. The van der Waals surface area contributed by atoms with Crippen molar-refractivity contribution in [2.24, 2.45) is 4.99 Å². The molecule has 1 N–H and O–H groups in total. The van der Waals surface area contributed by atoms with Crippen LogP contribution >= 0.6 is 0 Å². The number of benzene rings is 2. The van der Waals surface area contributed by atoms with Gasteiger partial charge in [-0.15, -0.1) is 0 Å². The van der Waals surface area contributed by atoms with E-state index in [1.54, 1.807) is 0 Å². The highest BCUT2D eigenvalue weighted by Crippen LogP contribution is 2.44. The van der Waals surface area contributed by atoms with Crippen molar-refractivity contribution < 1.29 is 0 Å². The van der Waals surface area contributed by atoms with Gasteiger partial charge in [-0.3, -0.25) is 14.6 Å². The molecule has 0 fully saturated rings. The summed E-state index contributed by atoms with van der Waals surface area (Å²) < 4.78 is 0. The van der Waals surface area contributed by atoms with Crippen LogP contribution in [0.25, 0.3) is 11.1 Å². The summed E-state index contributed by atoms with van der Waals surface area (Å²) in [6.07, 6.45) is 1.24. The Hall–Kier alpha value is -3.27. The molecule has 34 heavy (non-hydrogen) atoms. The van der Waals surface area contributed by atoms with Gasteiger partial charge in [0, 0.05) is 16.5 Å². The summed E-state index contributed by atoms with van der Waals surface area (Å²) in [5.41, 5.74) is 6.08. The monoisotopic (exact) mass is 452 g/mol. The number of rotatable bonds is 4. The quantitative estimate of drug-likeness (QED) is 0.644. The number of nitrogens with one attached hydrogen (secondary N) is 1. The molecule has 0 saturated carbocycles. The molecule has 3 aromatic carbocycles. The van der Waals surface area contributed by atoms with E-state index in [1.807, 2.05) is 44.2 Å². The van der Waals surface area contributed by atoms with E-state index in [0.29, 0.717) is 23.3 Å². The molecule has 2 aliphatic rings. The van der Waals surface area contributed by atoms with Crippen molar-refractivity contribution in [1.29, 1.82) is 0 Å². The maximum Gasteiger partial charge on any atom is 0.201 e. The molecule has 1 atom stereocenters. The highest BCUT2D eigenvalue weighted by atomic mass is 16.1. The van der Waals surface area contributed by atoms with Crippen LogP contribution in [-0.2, 0) is 10.8 Å². The molecule has 2 aliphatic heterocycles. The van der Waals surface area contributed by atoms with E-state index in [9.17, 15) is 9.59 Å². The summed E-state index contributed by atoms with van der Waals surface area (Å²) in [6.45, 7) is 12.6. The van der Waals surface area contributed by atoms with Gasteiger partial charge < -0.3 is 5.32 Å². The minimum absolute atomic E-state index is 0.0889. The molecular formula is C30H32N2O2. The van der Waals surface area contributed by atoms with E-state index >= 15 is 0 Å². The van der Waals surface area contributed by atoms with Gasteiger partial charge in [0.15, 0.2) is 0 Å². The SMILES string of the molecule is CCC(C1=Nc2ccccc2C1(C)C)=c1c(=O)c(=C(CC)C2Nc3ccccc3C2(C)C)c1=O. The first-order valence-corrected chi connectivity index (χ1v) is 12.2. The lowest BCUT2D eigenvalue weighted by Gasteiger charge is -2.30. The maximum absolute atomic E-state index is 13.6. The van der Waals surface area contributed by atoms with Gasteiger partial charge in [0.25, 0.3) is 0 Å². The molecule has 0 aliphatic carbocycles. The zero-order valence-electron chi connectivity index (χ0n) is 20.9. The van der Waals surface area contributed by atoms with Gasteiger partial charge in [0.05, 0.1) is 27.9 Å². The second kappa shape index (κ2) is 7.63. The highest BCUT2D eigenvalue weighted by molar-refractivity contribution is 6.26. The fourth-order valence-electron chi connectivity index (χ4n) is 6.06. The molecule has 4 heteroatoms. The largest absolute Gasteiger partial charge is 0.377 e. The van der Waals surface area contributed by atoms with Crippen molar-refractivity contribution in [2.45, 2.75) is 71.3 Å². The molecular weight excluding hydrogens is 420 g/mol. The Morgan fingerprint density at radius 2 is 1.47 bits per heavy atom. The number of fused-ring (bicyclic) bond motifs is 2. The van der Waals surface area contributed by atoms with Crippen LogP contribution in [0.3, 0.4) is 0 Å². The normalized spacial score (nSPS) is 19.4. The van der Waals surface area contributed by atoms with Crippen LogP contribution in [-0.4, -0.2) is 11.8 Å². The zero-order valence-corrected chi connectivity index (χ0v) is 20.9. The van der Waals surface area contributed by atoms with Crippen LogP contribution in [0.1, 0.15) is 65.5 Å². The summed E-state index contributed by atoms with van der Waals surface area (Å²) in [6, 6.07) is 16.2. The maximum atomic E-state index is 13.6. The van der Waals surface area contributed by atoms with Crippen molar-refractivity contribution in [3.05, 3.63) is 90.5 Å². The lowest BCUT2D eigenvalue weighted by Crippen LogP contribution is -2.68. The Balaban J connectivity index is 1.71. The molecule has 0 amide bonds. The summed E-state index contributed by atoms with van der Waals surface area (Å²) in [7, 11) is 0. The van der Waals surface area contributed by atoms with Gasteiger partial charge in [0.2, 0.25) is 10.9 Å². The fraction of sp³-hybridized carbons (Fsp3) is 0.367. The van der Waals surface area contributed by atoms with Crippen LogP contribution in [0.2, 0.25) is 0 Å². The first kappa shape index (κ1) is 22.5. The summed E-state index contributed by atoms with van der Waals surface area (Å²) in [5, 5.41) is 4.30. The predicted molar refractivity (Wildman–Crippen MR) is 141 cm³/mol. The van der Waals surface area contributed by atoms with Crippen molar-refractivity contribution in [2.75, 3.05) is 5.32 Å². The van der Waals surface area contributed by atoms with E-state index in [-0.39, 0.29) is 27.7 Å². The summed E-state index contributed by atoms with van der Waals surface area (Å²) in [5.74, 6) is 0. The van der Waals surface area contributed by atoms with E-state index in [4.69, 9.17) is 4.99 Å². The number of nitrogens with zero attached hydrogens (tertiary/aromatic N) is 1. The Labute approximate surface area is 200 Å². The Bertz CT molecular complexity index is 1510. The third-order valence-corrected chi connectivity index (χ3v) is 7.94. The van der Waals surface area contributed by atoms with E-state index in [2.05, 4.69) is 51.2 Å². The second-order valence-electron chi connectivity index (χ2n) is 10.6. The predicted octanol–water partition coefficient (Wildman–Crippen LogP) is 4.24. The number of anilines is 1. The molecule has 2 heterocycles.